The van der Waals surface area contributed by atoms with Crippen LogP contribution in [-0.2, 0) is 66.3 Å². The van der Waals surface area contributed by atoms with E-state index in [1.165, 1.54) is 0 Å². The van der Waals surface area contributed by atoms with E-state index >= 15 is 0 Å². The molecule has 0 unspecified atom stereocenters. The Kier molecular flexibility index (Phi) is 23.2. The van der Waals surface area contributed by atoms with Gasteiger partial charge in [-0.2, -0.15) is 0 Å². The van der Waals surface area contributed by atoms with Crippen LogP contribution in [0.3, 0.4) is 0 Å². The molecule has 3 aromatic heterocycles. The number of ether oxygens (including phenoxy) is 3. The van der Waals surface area contributed by atoms with Gasteiger partial charge in [0.15, 0.2) is 37.2 Å². The molecule has 0 saturated carbocycles. The van der Waals surface area contributed by atoms with Gasteiger partial charge in [-0.3, -0.25) is 0 Å². The van der Waals surface area contributed by atoms with E-state index in [1.807, 2.05) is 36.4 Å². The molecule has 0 saturated heterocycles. The lowest BCUT2D eigenvalue weighted by atomic mass is 9.79. The first kappa shape index (κ1) is 70.2. The van der Waals surface area contributed by atoms with Crippen LogP contribution in [0.15, 0.2) is 146 Å². The minimum absolute atomic E-state index is 0.0766. The van der Waals surface area contributed by atoms with Gasteiger partial charge in [-0.05, 0) is 192 Å². The van der Waals surface area contributed by atoms with Gasteiger partial charge in [-0.1, -0.05) is 143 Å². The first-order valence-electron chi connectivity index (χ1n) is 33.2. The van der Waals surface area contributed by atoms with Gasteiger partial charge in [0.25, 0.3) is 0 Å². The fraction of sp³-hybridized carbons (Fsp3) is 0.481. The molecular formula is C81H108N3O6+3. The number of nitrogens with zero attached hydrogens (tertiary/aromatic N) is 3. The highest BCUT2D eigenvalue weighted by atomic mass is 16.5. The number of pyridine rings is 3. The van der Waals surface area contributed by atoms with Gasteiger partial charge in [-0.15, -0.1) is 0 Å². The second-order valence-corrected chi connectivity index (χ2v) is 31.3. The maximum absolute atomic E-state index is 13.3. The summed E-state index contributed by atoms with van der Waals surface area (Å²) in [5, 5.41) is 0. The van der Waals surface area contributed by atoms with Crippen molar-refractivity contribution in [2.75, 3.05) is 19.8 Å². The number of esters is 3. The zero-order chi connectivity index (χ0) is 65.8. The van der Waals surface area contributed by atoms with Crippen molar-refractivity contribution in [3.8, 4) is 33.4 Å². The molecule has 3 heterocycles. The lowest BCUT2D eigenvalue weighted by Crippen LogP contribution is -2.32. The van der Waals surface area contributed by atoms with Gasteiger partial charge < -0.3 is 14.2 Å². The molecule has 0 N–H and O–H groups in total. The van der Waals surface area contributed by atoms with Crippen LogP contribution in [0.1, 0.15) is 247 Å². The van der Waals surface area contributed by atoms with Gasteiger partial charge in [0, 0.05) is 55.7 Å². The molecule has 7 rings (SSSR count). The van der Waals surface area contributed by atoms with Crippen LogP contribution in [0, 0.1) is 0 Å². The van der Waals surface area contributed by atoms with Crippen LogP contribution in [-0.4, -0.2) is 37.7 Å². The molecule has 480 valence electrons. The second-order valence-electron chi connectivity index (χ2n) is 31.3. The Morgan fingerprint density at radius 3 is 0.656 bits per heavy atom. The Balaban J connectivity index is 0.965. The number of carbonyl (C=O) groups excluding carboxylic acids is 3. The zero-order valence-corrected chi connectivity index (χ0v) is 58.3. The van der Waals surface area contributed by atoms with Crippen LogP contribution in [0.25, 0.3) is 33.4 Å². The number of aryl methyl sites for hydroxylation is 3. The number of benzene rings is 4. The molecule has 0 aliphatic heterocycles. The number of carbonyl (C=O) groups is 3. The van der Waals surface area contributed by atoms with Gasteiger partial charge in [0.1, 0.15) is 19.6 Å². The lowest BCUT2D eigenvalue weighted by molar-refractivity contribution is -0.697. The standard InChI is InChI=1S/C81H108N3O6/c1-76(2,3)67-49-64(50-68(55-67)77(4,5)6)73(85)88-43-25-19-22-34-82-37-28-58(29-38-82)61-46-62(59-30-39-83(40-31-59)35-23-20-26-44-89-74(86)65-51-69(78(7,8)9)56-70(52-65)79(10,11)12)48-63(47-61)60-32-41-84(42-33-60)36-24-21-27-45-90-75(87)66-53-71(80(13,14)15)57-72(54-66)81(16,17)18/h28-33,37-42,46-57H,19-27,34-36,43-45H2,1-18H3/q+3. The van der Waals surface area contributed by atoms with Crippen LogP contribution in [0.4, 0.5) is 0 Å². The summed E-state index contributed by atoms with van der Waals surface area (Å²) in [4.78, 5) is 39.9. The van der Waals surface area contributed by atoms with E-state index in [9.17, 15) is 14.4 Å². The van der Waals surface area contributed by atoms with Gasteiger partial charge in [-0.25, -0.2) is 28.1 Å². The predicted molar refractivity (Wildman–Crippen MR) is 367 cm³/mol. The molecule has 9 nitrogen and oxygen atoms in total. The van der Waals surface area contributed by atoms with Crippen LogP contribution >= 0.6 is 0 Å². The maximum atomic E-state index is 13.3. The third kappa shape index (κ3) is 20.6. The van der Waals surface area contributed by atoms with Crippen molar-refractivity contribution in [1.82, 2.24) is 0 Å². The van der Waals surface area contributed by atoms with E-state index < -0.39 is 0 Å². The number of hydrogen-bond donors (Lipinski definition) is 0. The highest BCUT2D eigenvalue weighted by molar-refractivity contribution is 5.91. The highest BCUT2D eigenvalue weighted by Crippen LogP contribution is 2.36. The van der Waals surface area contributed by atoms with E-state index in [2.05, 4.69) is 248 Å². The maximum Gasteiger partial charge on any atom is 0.338 e. The summed E-state index contributed by atoms with van der Waals surface area (Å²) in [6.45, 7) is 43.0. The molecule has 0 aliphatic rings. The van der Waals surface area contributed by atoms with Crippen LogP contribution in [0.5, 0.6) is 0 Å². The molecule has 90 heavy (non-hydrogen) atoms. The van der Waals surface area contributed by atoms with Crippen molar-refractivity contribution in [2.45, 2.75) is 235 Å². The Morgan fingerprint density at radius 2 is 0.467 bits per heavy atom. The lowest BCUT2D eigenvalue weighted by Gasteiger charge is -2.26. The molecule has 9 heteroatoms. The molecule has 0 aliphatic carbocycles. The fourth-order valence-electron chi connectivity index (χ4n) is 10.8. The summed E-state index contributed by atoms with van der Waals surface area (Å²) in [5.74, 6) is -0.755. The van der Waals surface area contributed by atoms with Crippen molar-refractivity contribution in [3.05, 3.63) is 196 Å². The van der Waals surface area contributed by atoms with Gasteiger partial charge >= 0.3 is 17.9 Å². The molecule has 4 aromatic carbocycles. The zero-order valence-electron chi connectivity index (χ0n) is 58.3. The Labute approximate surface area is 541 Å². The monoisotopic (exact) mass is 1220 g/mol. The van der Waals surface area contributed by atoms with Crippen LogP contribution < -0.4 is 13.7 Å². The van der Waals surface area contributed by atoms with Crippen molar-refractivity contribution in [1.29, 1.82) is 0 Å². The summed E-state index contributed by atoms with van der Waals surface area (Å²) in [7, 11) is 0. The summed E-state index contributed by atoms with van der Waals surface area (Å²) < 4.78 is 24.2. The first-order chi connectivity index (χ1) is 42.1. The third-order valence-corrected chi connectivity index (χ3v) is 17.2. The highest BCUT2D eigenvalue weighted by Gasteiger charge is 2.27. The van der Waals surface area contributed by atoms with Crippen molar-refractivity contribution in [2.24, 2.45) is 0 Å². The fourth-order valence-corrected chi connectivity index (χ4v) is 10.8. The SMILES string of the molecule is CC(C)(C)c1cc(C(=O)OCCCCC[n+]2ccc(-c3cc(-c4cc[n+](CCCCCOC(=O)c5cc(C(C)(C)C)cc(C(C)(C)C)c5)cc4)cc(-c4cc[n+](CCCCCOC(=O)c5cc(C(C)(C)C)cc(C(C)(C)C)c5)cc4)c3)cc2)cc(C(C)(C)C)c1. The minimum Gasteiger partial charge on any atom is -0.462 e. The van der Waals surface area contributed by atoms with E-state index in [0.717, 1.165) is 144 Å². The van der Waals surface area contributed by atoms with E-state index in [-0.39, 0.29) is 50.4 Å². The largest absolute Gasteiger partial charge is 0.462 e. The summed E-state index contributed by atoms with van der Waals surface area (Å²) in [6.07, 6.45) is 21.2. The van der Waals surface area contributed by atoms with Crippen molar-refractivity contribution >= 4 is 17.9 Å². The first-order valence-corrected chi connectivity index (χ1v) is 33.2. The second kappa shape index (κ2) is 29.8. The van der Waals surface area contributed by atoms with Gasteiger partial charge in [0.05, 0.1) is 36.5 Å². The molecule has 0 atom stereocenters. The quantitative estimate of drug-likeness (QED) is 0.0259. The average molecular weight is 1220 g/mol. The normalized spacial score (nSPS) is 12.5. The van der Waals surface area contributed by atoms with Crippen LogP contribution in [0.2, 0.25) is 0 Å². The average Bonchev–Trinajstić information content (AvgIpc) is 0.860. The minimum atomic E-state index is -0.252. The van der Waals surface area contributed by atoms with Crippen molar-refractivity contribution < 1.29 is 42.3 Å². The number of rotatable bonds is 24. The summed E-state index contributed by atoms with van der Waals surface area (Å²) >= 11 is 0. The van der Waals surface area contributed by atoms with Crippen molar-refractivity contribution in [3.63, 3.8) is 0 Å². The summed E-state index contributed by atoms with van der Waals surface area (Å²) in [5.41, 5.74) is 15.1. The topological polar surface area (TPSA) is 90.5 Å². The Hall–Kier alpha value is -7.26. The summed E-state index contributed by atoms with van der Waals surface area (Å²) in [6, 6.07) is 38.8. The molecule has 7 aromatic rings. The third-order valence-electron chi connectivity index (χ3n) is 17.2. The molecule has 0 radical (unpaired) electrons. The molecule has 0 spiro atoms. The number of unbranched alkanes of at least 4 members (excludes halogenated alkanes) is 6. The number of aromatic nitrogens is 3. The number of hydrogen-bond acceptors (Lipinski definition) is 6. The molecule has 0 amide bonds. The molecule has 0 bridgehead atoms. The van der Waals surface area contributed by atoms with E-state index in [1.54, 1.807) is 0 Å². The molecule has 0 fully saturated rings. The van der Waals surface area contributed by atoms with E-state index in [0.29, 0.717) is 36.5 Å². The van der Waals surface area contributed by atoms with E-state index in [4.69, 9.17) is 14.2 Å². The Bertz CT molecular complexity index is 3050. The molecular weight excluding hydrogens is 1110 g/mol. The Morgan fingerprint density at radius 1 is 0.267 bits per heavy atom. The predicted octanol–water partition coefficient (Wildman–Crippen LogP) is 18.4. The smallest absolute Gasteiger partial charge is 0.338 e. The van der Waals surface area contributed by atoms with Gasteiger partial charge in [0.2, 0.25) is 0 Å².